The normalized spacial score (nSPS) is 10.4. The lowest BCUT2D eigenvalue weighted by atomic mass is 10.2. The molecule has 0 aliphatic heterocycles. The molecule has 0 radical (unpaired) electrons. The quantitative estimate of drug-likeness (QED) is 0.693. The van der Waals surface area contributed by atoms with Gasteiger partial charge in [0, 0.05) is 15.6 Å². The van der Waals surface area contributed by atoms with Crippen molar-refractivity contribution < 1.29 is 4.79 Å². The van der Waals surface area contributed by atoms with Gasteiger partial charge in [0.1, 0.15) is 0 Å². The number of hydrogen-bond acceptors (Lipinski definition) is 4. The highest BCUT2D eigenvalue weighted by Gasteiger charge is 2.10. The van der Waals surface area contributed by atoms with Crippen molar-refractivity contribution in [3.05, 3.63) is 58.6 Å². The second-order valence-corrected chi connectivity index (χ2v) is 5.01. The summed E-state index contributed by atoms with van der Waals surface area (Å²) in [5, 5.41) is 12.3. The highest BCUT2D eigenvalue weighted by atomic mass is 79.9. The Morgan fingerprint density at radius 1 is 1.10 bits per heavy atom. The van der Waals surface area contributed by atoms with Gasteiger partial charge in [0.15, 0.2) is 6.29 Å². The van der Waals surface area contributed by atoms with Crippen LogP contribution in [0.5, 0.6) is 0 Å². The van der Waals surface area contributed by atoms with E-state index in [0.717, 1.165) is 16.3 Å². The van der Waals surface area contributed by atoms with Crippen LogP contribution < -0.4 is 0 Å². The standard InChI is InChI=1S/C14H9BrN4O/c15-12-7-6-11(9-20)13(8-12)19-17-14(16-18-19)10-4-2-1-3-5-10/h1-9H. The van der Waals surface area contributed by atoms with E-state index in [1.807, 2.05) is 30.3 Å². The molecule has 0 saturated heterocycles. The molecular formula is C14H9BrN4O. The van der Waals surface area contributed by atoms with Crippen LogP contribution in [0.4, 0.5) is 0 Å². The molecule has 3 rings (SSSR count). The molecule has 2 aromatic carbocycles. The van der Waals surface area contributed by atoms with Crippen molar-refractivity contribution in [3.8, 4) is 17.1 Å². The van der Waals surface area contributed by atoms with Gasteiger partial charge in [-0.15, -0.1) is 15.0 Å². The zero-order chi connectivity index (χ0) is 13.9. The maximum Gasteiger partial charge on any atom is 0.205 e. The summed E-state index contributed by atoms with van der Waals surface area (Å²) in [7, 11) is 0. The first kappa shape index (κ1) is 12.7. The van der Waals surface area contributed by atoms with Gasteiger partial charge in [-0.25, -0.2) is 0 Å². The monoisotopic (exact) mass is 328 g/mol. The summed E-state index contributed by atoms with van der Waals surface area (Å²) in [5.41, 5.74) is 1.97. The number of hydrogen-bond donors (Lipinski definition) is 0. The second kappa shape index (κ2) is 5.34. The first-order valence-electron chi connectivity index (χ1n) is 5.88. The van der Waals surface area contributed by atoms with Crippen LogP contribution in [0.2, 0.25) is 0 Å². The van der Waals surface area contributed by atoms with Crippen molar-refractivity contribution in [1.82, 2.24) is 20.2 Å². The van der Waals surface area contributed by atoms with Crippen LogP contribution in [0, 0.1) is 0 Å². The number of carbonyl (C=O) groups is 1. The zero-order valence-corrected chi connectivity index (χ0v) is 11.9. The van der Waals surface area contributed by atoms with Crippen LogP contribution in [0.3, 0.4) is 0 Å². The van der Waals surface area contributed by atoms with E-state index in [0.29, 0.717) is 17.1 Å². The van der Waals surface area contributed by atoms with Gasteiger partial charge in [-0.05, 0) is 23.4 Å². The molecule has 6 heteroatoms. The maximum atomic E-state index is 11.1. The van der Waals surface area contributed by atoms with Crippen molar-refractivity contribution in [2.75, 3.05) is 0 Å². The number of aldehydes is 1. The molecule has 0 fully saturated rings. The zero-order valence-electron chi connectivity index (χ0n) is 10.3. The van der Waals surface area contributed by atoms with Gasteiger partial charge in [0.05, 0.1) is 5.69 Å². The Morgan fingerprint density at radius 3 is 2.65 bits per heavy atom. The lowest BCUT2D eigenvalue weighted by Gasteiger charge is -2.02. The fourth-order valence-corrected chi connectivity index (χ4v) is 2.16. The highest BCUT2D eigenvalue weighted by molar-refractivity contribution is 9.10. The molecule has 0 N–H and O–H groups in total. The van der Waals surface area contributed by atoms with Gasteiger partial charge in [-0.1, -0.05) is 46.3 Å². The van der Waals surface area contributed by atoms with Crippen molar-refractivity contribution in [2.24, 2.45) is 0 Å². The molecule has 0 atom stereocenters. The Kier molecular flexibility index (Phi) is 3.39. The molecule has 1 aromatic heterocycles. The summed E-state index contributed by atoms with van der Waals surface area (Å²) in [5.74, 6) is 0.516. The summed E-state index contributed by atoms with van der Waals surface area (Å²) in [6, 6.07) is 14.8. The van der Waals surface area contributed by atoms with E-state index in [4.69, 9.17) is 0 Å². The summed E-state index contributed by atoms with van der Waals surface area (Å²) >= 11 is 3.37. The minimum absolute atomic E-state index is 0.505. The lowest BCUT2D eigenvalue weighted by Crippen LogP contribution is -2.03. The predicted octanol–water partition coefficient (Wildman–Crippen LogP) is 2.90. The van der Waals surface area contributed by atoms with Gasteiger partial charge in [-0.3, -0.25) is 4.79 Å². The largest absolute Gasteiger partial charge is 0.298 e. The summed E-state index contributed by atoms with van der Waals surface area (Å²) in [6.07, 6.45) is 0.771. The molecule has 0 amide bonds. The van der Waals surface area contributed by atoms with E-state index in [9.17, 15) is 4.79 Å². The lowest BCUT2D eigenvalue weighted by molar-refractivity contribution is 0.112. The number of halogens is 1. The van der Waals surface area contributed by atoms with Gasteiger partial charge in [0.2, 0.25) is 5.82 Å². The second-order valence-electron chi connectivity index (χ2n) is 4.09. The molecule has 0 spiro atoms. The minimum Gasteiger partial charge on any atom is -0.298 e. The molecule has 98 valence electrons. The van der Waals surface area contributed by atoms with Gasteiger partial charge in [-0.2, -0.15) is 0 Å². The Hall–Kier alpha value is -2.34. The van der Waals surface area contributed by atoms with E-state index < -0.39 is 0 Å². The molecular weight excluding hydrogens is 320 g/mol. The van der Waals surface area contributed by atoms with Crippen molar-refractivity contribution in [2.45, 2.75) is 0 Å². The molecule has 3 aromatic rings. The average molecular weight is 329 g/mol. The predicted molar refractivity (Wildman–Crippen MR) is 77.7 cm³/mol. The number of benzene rings is 2. The van der Waals surface area contributed by atoms with Crippen molar-refractivity contribution in [1.29, 1.82) is 0 Å². The number of rotatable bonds is 3. The van der Waals surface area contributed by atoms with Crippen molar-refractivity contribution >= 4 is 22.2 Å². The number of aromatic nitrogens is 4. The Morgan fingerprint density at radius 2 is 1.90 bits per heavy atom. The van der Waals surface area contributed by atoms with E-state index >= 15 is 0 Å². The third-order valence-corrected chi connectivity index (χ3v) is 3.27. The van der Waals surface area contributed by atoms with Crippen LogP contribution in [-0.2, 0) is 0 Å². The average Bonchev–Trinajstić information content (AvgIpc) is 2.98. The molecule has 0 aliphatic rings. The SMILES string of the molecule is O=Cc1ccc(Br)cc1-n1nnc(-c2ccccc2)n1. The number of nitrogens with zero attached hydrogens (tertiary/aromatic N) is 4. The van der Waals surface area contributed by atoms with Crippen LogP contribution >= 0.6 is 15.9 Å². The molecule has 0 bridgehead atoms. The summed E-state index contributed by atoms with van der Waals surface area (Å²) < 4.78 is 0.844. The van der Waals surface area contributed by atoms with Crippen LogP contribution in [0.1, 0.15) is 10.4 Å². The minimum atomic E-state index is 0.505. The Balaban J connectivity index is 2.07. The molecule has 1 heterocycles. The number of tetrazole rings is 1. The van der Waals surface area contributed by atoms with E-state index in [2.05, 4.69) is 31.3 Å². The van der Waals surface area contributed by atoms with Crippen LogP contribution in [0.15, 0.2) is 53.0 Å². The molecule has 0 aliphatic carbocycles. The van der Waals surface area contributed by atoms with E-state index in [1.165, 1.54) is 4.80 Å². The van der Waals surface area contributed by atoms with Gasteiger partial charge in [0.25, 0.3) is 0 Å². The van der Waals surface area contributed by atoms with Crippen LogP contribution in [-0.4, -0.2) is 26.5 Å². The fourth-order valence-electron chi connectivity index (χ4n) is 1.81. The smallest absolute Gasteiger partial charge is 0.205 e. The van der Waals surface area contributed by atoms with Gasteiger partial charge >= 0.3 is 0 Å². The maximum absolute atomic E-state index is 11.1. The fraction of sp³-hybridized carbons (Fsp3) is 0. The molecule has 20 heavy (non-hydrogen) atoms. The molecule has 0 unspecified atom stereocenters. The highest BCUT2D eigenvalue weighted by Crippen LogP contribution is 2.19. The Labute approximate surface area is 123 Å². The van der Waals surface area contributed by atoms with Gasteiger partial charge < -0.3 is 0 Å². The first-order chi connectivity index (χ1) is 9.78. The van der Waals surface area contributed by atoms with E-state index in [-0.39, 0.29) is 0 Å². The first-order valence-corrected chi connectivity index (χ1v) is 6.68. The van der Waals surface area contributed by atoms with Crippen molar-refractivity contribution in [3.63, 3.8) is 0 Å². The topological polar surface area (TPSA) is 60.7 Å². The van der Waals surface area contributed by atoms with E-state index in [1.54, 1.807) is 18.2 Å². The Bertz CT molecular complexity index is 755. The summed E-state index contributed by atoms with van der Waals surface area (Å²) in [4.78, 5) is 12.4. The third kappa shape index (κ3) is 2.37. The molecule has 5 nitrogen and oxygen atoms in total. The molecule has 0 saturated carbocycles. The summed E-state index contributed by atoms with van der Waals surface area (Å²) in [6.45, 7) is 0. The number of carbonyl (C=O) groups excluding carboxylic acids is 1. The van der Waals surface area contributed by atoms with Crippen LogP contribution in [0.25, 0.3) is 17.1 Å². The third-order valence-electron chi connectivity index (χ3n) is 2.78.